The molecule has 34 rings (SSSR count). The number of aromatic nitrogens is 12. The van der Waals surface area contributed by atoms with E-state index in [4.69, 9.17) is 38.7 Å². The molecule has 0 saturated carbocycles. The molecule has 0 N–H and O–H groups in total. The van der Waals surface area contributed by atoms with Crippen LogP contribution in [0, 0.1) is 0 Å². The van der Waals surface area contributed by atoms with Crippen molar-refractivity contribution in [2.75, 3.05) is 0 Å². The summed E-state index contributed by atoms with van der Waals surface area (Å²) in [6.45, 7) is 0. The lowest BCUT2D eigenvalue weighted by Crippen LogP contribution is -2.06. The zero-order valence-corrected chi connectivity index (χ0v) is 79.3. The monoisotopic (exact) mass is 1890 g/mol. The van der Waals surface area contributed by atoms with Crippen molar-refractivity contribution < 1.29 is 8.83 Å². The molecule has 14 nitrogen and oxygen atoms in total. The third-order valence-corrected chi connectivity index (χ3v) is 31.5. The summed E-state index contributed by atoms with van der Waals surface area (Å²) in [4.78, 5) is 31.7. The van der Waals surface area contributed by atoms with Crippen LogP contribution in [0.4, 0.5) is 0 Å². The quantitative estimate of drug-likeness (QED) is 0.154. The van der Waals surface area contributed by atoms with Crippen LogP contribution in [0.25, 0.3) is 307 Å². The molecule has 0 aliphatic carbocycles. The zero-order chi connectivity index (χ0) is 95.9. The second kappa shape index (κ2) is 31.4. The highest BCUT2D eigenvalue weighted by atomic mass is 32.1. The highest BCUT2D eigenvalue weighted by Crippen LogP contribution is 2.51. The molecule has 12 aromatic heterocycles. The van der Waals surface area contributed by atoms with E-state index < -0.39 is 0 Å². The lowest BCUT2D eigenvalue weighted by atomic mass is 9.94. The van der Waals surface area contributed by atoms with Crippen LogP contribution in [0.1, 0.15) is 0 Å². The van der Waals surface area contributed by atoms with E-state index in [0.29, 0.717) is 0 Å². The van der Waals surface area contributed by atoms with E-state index in [1.54, 1.807) is 0 Å². The Balaban J connectivity index is 0.0000000982. The molecule has 0 aliphatic heterocycles. The number of rotatable bonds is 7. The van der Waals surface area contributed by atoms with Crippen molar-refractivity contribution in [3.63, 3.8) is 0 Å². The molecule has 34 aromatic rings. The van der Waals surface area contributed by atoms with Crippen LogP contribution in [0.15, 0.2) is 470 Å². The topological polar surface area (TPSA) is 132 Å². The number of nitrogens with zero attached hydrogens (tertiary/aromatic N) is 12. The number of fused-ring (bicyclic) bond motifs is 39. The Morgan fingerprint density at radius 1 is 0.177 bits per heavy atom. The zero-order valence-electron chi connectivity index (χ0n) is 78.5. The van der Waals surface area contributed by atoms with E-state index >= 15 is 0 Å². The molecule has 12 heterocycles. The Morgan fingerprint density at radius 2 is 0.510 bits per heavy atom. The predicted molar refractivity (Wildman–Crippen MR) is 609 cm³/mol. The highest BCUT2D eigenvalue weighted by Gasteiger charge is 2.30. The Kier molecular flexibility index (Phi) is 17.3. The minimum absolute atomic E-state index is 0.816. The van der Waals surface area contributed by atoms with E-state index in [2.05, 4.69) is 452 Å². The Bertz CT molecular complexity index is 11300. The average Bonchev–Trinajstić information content (AvgIpc) is 1.56. The van der Waals surface area contributed by atoms with Gasteiger partial charge in [-0.15, -0.1) is 11.3 Å². The van der Waals surface area contributed by atoms with E-state index in [9.17, 15) is 0 Å². The second-order valence-corrected chi connectivity index (χ2v) is 39.2. The predicted octanol–water partition coefficient (Wildman–Crippen LogP) is 34.7. The molecule has 0 atom stereocenters. The van der Waals surface area contributed by atoms with Crippen LogP contribution < -0.4 is 0 Å². The van der Waals surface area contributed by atoms with E-state index in [1.807, 2.05) is 47.7 Å². The van der Waals surface area contributed by atoms with Gasteiger partial charge in [0.05, 0.1) is 82.8 Å². The summed E-state index contributed by atoms with van der Waals surface area (Å²) in [5.74, 6) is 2.47. The summed E-state index contributed by atoms with van der Waals surface area (Å²) in [5.41, 5.74) is 31.1. The van der Waals surface area contributed by atoms with Gasteiger partial charge in [0.25, 0.3) is 0 Å². The first kappa shape index (κ1) is 81.0. The van der Waals surface area contributed by atoms with Gasteiger partial charge in [-0.25, -0.2) is 29.9 Å². The van der Waals surface area contributed by atoms with E-state index in [0.717, 1.165) is 216 Å². The first-order chi connectivity index (χ1) is 72.9. The van der Waals surface area contributed by atoms with Gasteiger partial charge < -0.3 is 8.83 Å². The molecule has 0 bridgehead atoms. The normalized spacial score (nSPS) is 12.2. The van der Waals surface area contributed by atoms with Crippen molar-refractivity contribution in [1.29, 1.82) is 0 Å². The van der Waals surface area contributed by atoms with Crippen molar-refractivity contribution in [3.8, 4) is 62.4 Å². The van der Waals surface area contributed by atoms with Gasteiger partial charge in [0, 0.05) is 117 Å². The van der Waals surface area contributed by atoms with Crippen LogP contribution in [0.2, 0.25) is 0 Å². The summed E-state index contributed by atoms with van der Waals surface area (Å²) in [7, 11) is 0. The number of para-hydroxylation sites is 14. The Labute approximate surface area is 838 Å². The number of imidazole rings is 3. The lowest BCUT2D eigenvalue weighted by Gasteiger charge is -2.15. The molecule has 0 unspecified atom stereocenters. The number of hydrogen-bond donors (Lipinski definition) is 0. The summed E-state index contributed by atoms with van der Waals surface area (Å²) in [6, 6.07) is 163. The third kappa shape index (κ3) is 11.9. The molecular formula is C132H76N12O2S. The van der Waals surface area contributed by atoms with Crippen LogP contribution >= 0.6 is 11.3 Å². The fourth-order valence-electron chi connectivity index (χ4n) is 23.9. The molecule has 0 aliphatic rings. The van der Waals surface area contributed by atoms with Crippen molar-refractivity contribution in [3.05, 3.63) is 461 Å². The van der Waals surface area contributed by atoms with Gasteiger partial charge >= 0.3 is 0 Å². The molecular weight excluding hydrogens is 1820 g/mol. The molecule has 0 fully saturated rings. The maximum Gasteiger partial charge on any atom is 0.221 e. The molecule has 0 spiro atoms. The molecule has 22 aromatic carbocycles. The second-order valence-electron chi connectivity index (χ2n) is 38.2. The molecule has 682 valence electrons. The third-order valence-electron chi connectivity index (χ3n) is 30.3. The fourth-order valence-corrected chi connectivity index (χ4v) is 25.1. The van der Waals surface area contributed by atoms with Crippen LogP contribution in [0.5, 0.6) is 0 Å². The van der Waals surface area contributed by atoms with Crippen LogP contribution in [-0.4, -0.2) is 56.8 Å². The summed E-state index contributed by atoms with van der Waals surface area (Å²) >= 11 is 1.88. The van der Waals surface area contributed by atoms with Gasteiger partial charge in [0.2, 0.25) is 17.8 Å². The maximum atomic E-state index is 6.56. The van der Waals surface area contributed by atoms with Gasteiger partial charge in [-0.1, -0.05) is 315 Å². The fraction of sp³-hybridized carbons (Fsp3) is 0. The summed E-state index contributed by atoms with van der Waals surface area (Å²) in [5, 5.41) is 24.3. The number of furan rings is 2. The van der Waals surface area contributed by atoms with Gasteiger partial charge in [-0.2, -0.15) is 0 Å². The average molecular weight is 1890 g/mol. The van der Waals surface area contributed by atoms with Crippen LogP contribution in [0.3, 0.4) is 0 Å². The lowest BCUT2D eigenvalue weighted by molar-refractivity contribution is 0.669. The largest absolute Gasteiger partial charge is 0.456 e. The molecule has 15 heteroatoms. The molecule has 0 amide bonds. The van der Waals surface area contributed by atoms with Gasteiger partial charge in [-0.05, 0) is 195 Å². The standard InChI is InChI=1S/C48H28N4O.C42H24N4O.C42H24N4S/c1-2-12-29(13-3-1)30-22-24-44-37(26-30)38-27-31(23-25-45(38)53-44)36-28-39-33-15-7-10-20-42(33)51(46(39)34-16-5-4-14-32(34)36)48-50-40-18-8-6-17-35(40)47-49-41-19-9-11-21-43(41)52(47)48;2*1-2-15-28-25(12-1)32(30-18-11-17-29-27-14-5-10-23-38(27)47-40(29)30)24-33-26-13-4-8-21-36(26)45(39(28)33)42-44-34-19-6-3-16-31(34)41-43-35-20-7-9-22-37(35)46(41)42/h1-28H;2*1-24H. The maximum absolute atomic E-state index is 6.56. The molecule has 147 heavy (non-hydrogen) atoms. The molecule has 0 saturated heterocycles. The Hall–Kier alpha value is -19.7. The van der Waals surface area contributed by atoms with Gasteiger partial charge in [0.1, 0.15) is 39.3 Å². The summed E-state index contributed by atoms with van der Waals surface area (Å²) < 4.78 is 29.3. The number of benzene rings is 22. The van der Waals surface area contributed by atoms with Gasteiger partial charge in [-0.3, -0.25) is 26.9 Å². The van der Waals surface area contributed by atoms with Crippen molar-refractivity contribution in [2.45, 2.75) is 0 Å². The Morgan fingerprint density at radius 3 is 0.986 bits per heavy atom. The van der Waals surface area contributed by atoms with Crippen LogP contribution in [-0.2, 0) is 0 Å². The van der Waals surface area contributed by atoms with E-state index in [1.165, 1.54) is 91.1 Å². The van der Waals surface area contributed by atoms with Gasteiger partial charge in [0.15, 0.2) is 0 Å². The smallest absolute Gasteiger partial charge is 0.221 e. The molecule has 0 radical (unpaired) electrons. The van der Waals surface area contributed by atoms with Crippen molar-refractivity contribution in [1.82, 2.24) is 56.8 Å². The summed E-state index contributed by atoms with van der Waals surface area (Å²) in [6.07, 6.45) is 0. The van der Waals surface area contributed by atoms with Crippen molar-refractivity contribution in [2.24, 2.45) is 0 Å². The minimum atomic E-state index is 0.816. The van der Waals surface area contributed by atoms with E-state index in [-0.39, 0.29) is 0 Å². The highest BCUT2D eigenvalue weighted by molar-refractivity contribution is 7.26. The SMILES string of the molecule is c1ccc(-c2ccc3oc4ccc(-c5cc6c7ccccc7n(-c7nc8ccccc8c8nc9ccccc9n78)c6c6ccccc56)cc4c3c2)cc1.c1ccc2c(c1)nc(-n1c3ccccc3c3cc(-c4cccc5c4oc4ccccc45)c4ccccc4c31)n1c3ccccc3nc21.c1ccc2c(c1)nc(-n1c3ccccc3c3cc(-c4cccc5c4sc4ccccc45)c4ccccc4c31)n1c3ccccc3nc21. The number of thiophene rings is 1. The minimum Gasteiger partial charge on any atom is -0.456 e. The first-order valence-corrected chi connectivity index (χ1v) is 50.4. The first-order valence-electron chi connectivity index (χ1n) is 49.6. The number of hydrogen-bond acceptors (Lipinski definition) is 9. The van der Waals surface area contributed by atoms with Crippen molar-refractivity contribution >= 4 is 256 Å².